The average Bonchev–Trinajstić information content (AvgIpc) is 1.90. The molecule has 0 aromatic heterocycles. The van der Waals surface area contributed by atoms with Crippen molar-refractivity contribution in [3.63, 3.8) is 0 Å². The van der Waals surface area contributed by atoms with E-state index >= 15 is 0 Å². The Balaban J connectivity index is 2.23. The first-order valence-corrected chi connectivity index (χ1v) is 5.38. The summed E-state index contributed by atoms with van der Waals surface area (Å²) >= 11 is 3.85. The maximum absolute atomic E-state index is 9.14. The Kier molecular flexibility index (Phi) is 3.22. The van der Waals surface area contributed by atoms with Gasteiger partial charge >= 0.3 is 0 Å². The third kappa shape index (κ3) is 2.40. The number of rotatable bonds is 1. The Hall–Kier alpha value is 0.660. The number of aliphatic hydroxyl groups excluding tert-OH is 1. The van der Waals surface area contributed by atoms with Crippen LogP contribution in [0, 0.1) is 0 Å². The van der Waals surface area contributed by atoms with Crippen molar-refractivity contribution in [1.82, 2.24) is 0 Å². The van der Waals surface area contributed by atoms with Gasteiger partial charge in [-0.2, -0.15) is 23.5 Å². The van der Waals surface area contributed by atoms with Crippen LogP contribution in [0.4, 0.5) is 0 Å². The minimum absolute atomic E-state index is 0.122. The maximum atomic E-state index is 9.14. The molecule has 3 heteroatoms. The van der Waals surface area contributed by atoms with Crippen molar-refractivity contribution in [3.05, 3.63) is 0 Å². The molecular formula is C6H12OS2. The first-order chi connectivity index (χ1) is 4.30. The first kappa shape index (κ1) is 7.76. The summed E-state index contributed by atoms with van der Waals surface area (Å²) in [6, 6.07) is 0. The van der Waals surface area contributed by atoms with Crippen LogP contribution in [0.15, 0.2) is 0 Å². The van der Waals surface area contributed by atoms with E-state index in [1.165, 1.54) is 11.5 Å². The van der Waals surface area contributed by atoms with E-state index in [9.17, 15) is 0 Å². The summed E-state index contributed by atoms with van der Waals surface area (Å²) in [5.74, 6) is 3.59. The molecule has 0 radical (unpaired) electrons. The van der Waals surface area contributed by atoms with Gasteiger partial charge in [-0.15, -0.1) is 0 Å². The molecule has 9 heavy (non-hydrogen) atoms. The van der Waals surface area contributed by atoms with Crippen molar-refractivity contribution < 1.29 is 5.11 Å². The molecule has 0 aromatic carbocycles. The first-order valence-electron chi connectivity index (χ1n) is 3.18. The molecule has 0 bridgehead atoms. The molecular weight excluding hydrogens is 152 g/mol. The minimum Gasteiger partial charge on any atom is -0.392 e. The van der Waals surface area contributed by atoms with E-state index in [0.717, 1.165) is 5.75 Å². The van der Waals surface area contributed by atoms with Gasteiger partial charge < -0.3 is 5.11 Å². The SMILES string of the molecule is CC(O)C1CSCCS1. The highest BCUT2D eigenvalue weighted by molar-refractivity contribution is 8.06. The second kappa shape index (κ2) is 3.74. The van der Waals surface area contributed by atoms with Gasteiger partial charge in [0.1, 0.15) is 0 Å². The highest BCUT2D eigenvalue weighted by atomic mass is 32.2. The molecule has 1 N–H and O–H groups in total. The van der Waals surface area contributed by atoms with Crippen LogP contribution in [0.3, 0.4) is 0 Å². The fourth-order valence-electron chi connectivity index (χ4n) is 0.785. The van der Waals surface area contributed by atoms with Gasteiger partial charge in [0.2, 0.25) is 0 Å². The van der Waals surface area contributed by atoms with Gasteiger partial charge in [0.25, 0.3) is 0 Å². The third-order valence-corrected chi connectivity index (χ3v) is 4.37. The lowest BCUT2D eigenvalue weighted by Crippen LogP contribution is -2.25. The third-order valence-electron chi connectivity index (χ3n) is 1.38. The van der Waals surface area contributed by atoms with Gasteiger partial charge in [-0.05, 0) is 6.92 Å². The smallest absolute Gasteiger partial charge is 0.0638 e. The van der Waals surface area contributed by atoms with Crippen molar-refractivity contribution >= 4 is 23.5 Å². The Morgan fingerprint density at radius 3 is 2.67 bits per heavy atom. The predicted molar refractivity (Wildman–Crippen MR) is 45.3 cm³/mol. The maximum Gasteiger partial charge on any atom is 0.0638 e. The number of aliphatic hydroxyl groups is 1. The highest BCUT2D eigenvalue weighted by Crippen LogP contribution is 2.25. The average molecular weight is 164 g/mol. The van der Waals surface area contributed by atoms with Crippen molar-refractivity contribution in [2.75, 3.05) is 17.3 Å². The van der Waals surface area contributed by atoms with Crippen molar-refractivity contribution in [2.24, 2.45) is 0 Å². The van der Waals surface area contributed by atoms with E-state index in [1.807, 2.05) is 30.4 Å². The van der Waals surface area contributed by atoms with Gasteiger partial charge in [0.05, 0.1) is 6.10 Å². The van der Waals surface area contributed by atoms with Gasteiger partial charge in [0.15, 0.2) is 0 Å². The van der Waals surface area contributed by atoms with Crippen molar-refractivity contribution in [1.29, 1.82) is 0 Å². The van der Waals surface area contributed by atoms with E-state index in [0.29, 0.717) is 5.25 Å². The van der Waals surface area contributed by atoms with Crippen LogP contribution in [-0.4, -0.2) is 33.7 Å². The van der Waals surface area contributed by atoms with Crippen LogP contribution in [0.25, 0.3) is 0 Å². The van der Waals surface area contributed by atoms with Crippen LogP contribution in [0.1, 0.15) is 6.92 Å². The summed E-state index contributed by atoms with van der Waals surface area (Å²) in [4.78, 5) is 0. The molecule has 1 nitrogen and oxygen atoms in total. The molecule has 1 heterocycles. The van der Waals surface area contributed by atoms with E-state index < -0.39 is 0 Å². The summed E-state index contributed by atoms with van der Waals surface area (Å²) in [5, 5.41) is 9.63. The van der Waals surface area contributed by atoms with Gasteiger partial charge in [-0.25, -0.2) is 0 Å². The molecule has 1 rings (SSSR count). The molecule has 0 saturated carbocycles. The molecule has 1 aliphatic rings. The van der Waals surface area contributed by atoms with Crippen molar-refractivity contribution in [3.8, 4) is 0 Å². The Labute approximate surface area is 64.6 Å². The van der Waals surface area contributed by atoms with E-state index in [1.54, 1.807) is 0 Å². The molecule has 0 amide bonds. The largest absolute Gasteiger partial charge is 0.392 e. The van der Waals surface area contributed by atoms with Crippen LogP contribution < -0.4 is 0 Å². The minimum atomic E-state index is -0.122. The summed E-state index contributed by atoms with van der Waals surface area (Å²) in [7, 11) is 0. The molecule has 2 atom stereocenters. The zero-order chi connectivity index (χ0) is 6.69. The summed E-state index contributed by atoms with van der Waals surface area (Å²) in [6.07, 6.45) is -0.122. The quantitative estimate of drug-likeness (QED) is 0.629. The van der Waals surface area contributed by atoms with E-state index in [2.05, 4.69) is 0 Å². The lowest BCUT2D eigenvalue weighted by atomic mass is 10.3. The van der Waals surface area contributed by atoms with Crippen LogP contribution in [0.2, 0.25) is 0 Å². The zero-order valence-electron chi connectivity index (χ0n) is 5.54. The molecule has 1 aliphatic heterocycles. The second-order valence-electron chi connectivity index (χ2n) is 2.22. The van der Waals surface area contributed by atoms with Crippen LogP contribution in [0.5, 0.6) is 0 Å². The molecule has 54 valence electrons. The Morgan fingerprint density at radius 2 is 2.33 bits per heavy atom. The summed E-state index contributed by atoms with van der Waals surface area (Å²) in [6.45, 7) is 1.88. The monoisotopic (exact) mass is 164 g/mol. The summed E-state index contributed by atoms with van der Waals surface area (Å²) in [5.41, 5.74) is 0. The molecule has 0 aliphatic carbocycles. The van der Waals surface area contributed by atoms with Gasteiger partial charge in [-0.3, -0.25) is 0 Å². The predicted octanol–water partition coefficient (Wildman–Crippen LogP) is 1.22. The number of thioether (sulfide) groups is 2. The summed E-state index contributed by atoms with van der Waals surface area (Å²) < 4.78 is 0. The molecule has 1 saturated heterocycles. The van der Waals surface area contributed by atoms with Gasteiger partial charge in [0, 0.05) is 22.5 Å². The van der Waals surface area contributed by atoms with Crippen LogP contribution >= 0.6 is 23.5 Å². The normalized spacial score (nSPS) is 32.0. The van der Waals surface area contributed by atoms with Crippen LogP contribution in [-0.2, 0) is 0 Å². The Morgan fingerprint density at radius 1 is 1.56 bits per heavy atom. The highest BCUT2D eigenvalue weighted by Gasteiger charge is 2.18. The fraction of sp³-hybridized carbons (Fsp3) is 1.00. The van der Waals surface area contributed by atoms with E-state index in [-0.39, 0.29) is 6.10 Å². The molecule has 2 unspecified atom stereocenters. The van der Waals surface area contributed by atoms with Gasteiger partial charge in [-0.1, -0.05) is 0 Å². The zero-order valence-corrected chi connectivity index (χ0v) is 7.17. The fourth-order valence-corrected chi connectivity index (χ4v) is 3.57. The van der Waals surface area contributed by atoms with Crippen molar-refractivity contribution in [2.45, 2.75) is 18.3 Å². The number of hydrogen-bond donors (Lipinski definition) is 1. The Bertz CT molecular complexity index is 79.1. The molecule has 0 aromatic rings. The lowest BCUT2D eigenvalue weighted by molar-refractivity contribution is 0.197. The van der Waals surface area contributed by atoms with E-state index in [4.69, 9.17) is 5.11 Å². The molecule has 1 fully saturated rings. The number of hydrogen-bond acceptors (Lipinski definition) is 3. The topological polar surface area (TPSA) is 20.2 Å². The molecule has 0 spiro atoms. The second-order valence-corrected chi connectivity index (χ2v) is 4.72. The standard InChI is InChI=1S/C6H12OS2/c1-5(7)6-4-8-2-3-9-6/h5-7H,2-4H2,1H3. The lowest BCUT2D eigenvalue weighted by Gasteiger charge is -2.22.